The van der Waals surface area contributed by atoms with Crippen molar-refractivity contribution in [1.82, 2.24) is 10.3 Å². The van der Waals surface area contributed by atoms with Crippen molar-refractivity contribution in [2.24, 2.45) is 0 Å². The minimum absolute atomic E-state index is 0.0309. The normalized spacial score (nSPS) is 26.7. The second-order valence-corrected chi connectivity index (χ2v) is 4.31. The number of nitrogens with zero attached hydrogens (tertiary/aromatic N) is 1. The van der Waals surface area contributed by atoms with Crippen LogP contribution in [-0.2, 0) is 5.54 Å². The van der Waals surface area contributed by atoms with Gasteiger partial charge in [0.2, 0.25) is 0 Å². The van der Waals surface area contributed by atoms with E-state index >= 15 is 0 Å². The Morgan fingerprint density at radius 3 is 3.00 bits per heavy atom. The van der Waals surface area contributed by atoms with Crippen molar-refractivity contribution in [3.05, 3.63) is 23.4 Å². The van der Waals surface area contributed by atoms with E-state index in [1.54, 1.807) is 0 Å². The maximum Gasteiger partial charge on any atom is 0.128 e. The lowest BCUT2D eigenvalue weighted by Crippen LogP contribution is -2.34. The second-order valence-electron chi connectivity index (χ2n) is 4.31. The lowest BCUT2D eigenvalue weighted by atomic mass is 9.90. The average molecular weight is 191 g/mol. The fraction of sp³-hybridized carbons (Fsp3) is 0.545. The van der Waals surface area contributed by atoms with Gasteiger partial charge in [0.15, 0.2) is 0 Å². The number of rotatable bonds is 1. The Kier molecular flexibility index (Phi) is 2.19. The fourth-order valence-corrected chi connectivity index (χ4v) is 2.15. The quantitative estimate of drug-likeness (QED) is 0.708. The van der Waals surface area contributed by atoms with E-state index in [-0.39, 0.29) is 5.54 Å². The summed E-state index contributed by atoms with van der Waals surface area (Å²) in [6, 6.07) is 2.14. The van der Waals surface area contributed by atoms with Crippen LogP contribution in [0.5, 0.6) is 0 Å². The van der Waals surface area contributed by atoms with Crippen LogP contribution in [0.15, 0.2) is 12.3 Å². The molecule has 1 aliphatic rings. The molecule has 0 saturated carbocycles. The summed E-state index contributed by atoms with van der Waals surface area (Å²) >= 11 is 0. The molecule has 0 amide bonds. The lowest BCUT2D eigenvalue weighted by molar-refractivity contribution is 0.435. The van der Waals surface area contributed by atoms with Crippen molar-refractivity contribution in [2.45, 2.75) is 32.2 Å². The molecule has 0 radical (unpaired) electrons. The molecule has 1 saturated heterocycles. The molecule has 2 heterocycles. The van der Waals surface area contributed by atoms with Gasteiger partial charge < -0.3 is 11.1 Å². The van der Waals surface area contributed by atoms with Gasteiger partial charge in [-0.25, -0.2) is 4.98 Å². The molecule has 3 nitrogen and oxygen atoms in total. The predicted molar refractivity (Wildman–Crippen MR) is 58.0 cm³/mol. The second kappa shape index (κ2) is 3.24. The van der Waals surface area contributed by atoms with Gasteiger partial charge in [0.1, 0.15) is 5.82 Å². The van der Waals surface area contributed by atoms with Crippen LogP contribution in [0.2, 0.25) is 0 Å². The fourth-order valence-electron chi connectivity index (χ4n) is 2.15. The topological polar surface area (TPSA) is 50.9 Å². The zero-order valence-electron chi connectivity index (χ0n) is 8.80. The van der Waals surface area contributed by atoms with Gasteiger partial charge in [-0.15, -0.1) is 0 Å². The third-order valence-electron chi connectivity index (χ3n) is 3.02. The van der Waals surface area contributed by atoms with Gasteiger partial charge in [0.25, 0.3) is 0 Å². The van der Waals surface area contributed by atoms with Gasteiger partial charge in [0, 0.05) is 17.3 Å². The molecule has 0 aromatic carbocycles. The molecule has 1 fully saturated rings. The van der Waals surface area contributed by atoms with Crippen LogP contribution in [0.3, 0.4) is 0 Å². The SMILES string of the molecule is Cc1cnc(N)c(C2(C)CCCN2)c1. The van der Waals surface area contributed by atoms with E-state index in [0.29, 0.717) is 5.82 Å². The monoisotopic (exact) mass is 191 g/mol. The van der Waals surface area contributed by atoms with Crippen molar-refractivity contribution >= 4 is 5.82 Å². The molecule has 3 heteroatoms. The number of aromatic nitrogens is 1. The summed E-state index contributed by atoms with van der Waals surface area (Å²) < 4.78 is 0. The predicted octanol–water partition coefficient (Wildman–Crippen LogP) is 1.57. The zero-order valence-corrected chi connectivity index (χ0v) is 8.80. The number of aryl methyl sites for hydroxylation is 1. The Balaban J connectivity index is 2.44. The number of hydrogen-bond donors (Lipinski definition) is 2. The van der Waals surface area contributed by atoms with E-state index in [2.05, 4.69) is 23.3 Å². The van der Waals surface area contributed by atoms with Crippen LogP contribution in [0, 0.1) is 6.92 Å². The van der Waals surface area contributed by atoms with Crippen molar-refractivity contribution in [3.63, 3.8) is 0 Å². The number of nitrogen functional groups attached to an aromatic ring is 1. The van der Waals surface area contributed by atoms with Crippen molar-refractivity contribution < 1.29 is 0 Å². The summed E-state index contributed by atoms with van der Waals surface area (Å²) in [6.45, 7) is 5.32. The third-order valence-corrected chi connectivity index (χ3v) is 3.02. The summed E-state index contributed by atoms with van der Waals surface area (Å²) in [7, 11) is 0. The zero-order chi connectivity index (χ0) is 10.2. The Morgan fingerprint density at radius 2 is 2.36 bits per heavy atom. The Hall–Kier alpha value is -1.09. The van der Waals surface area contributed by atoms with Crippen LogP contribution >= 0.6 is 0 Å². The highest BCUT2D eigenvalue weighted by Gasteiger charge is 2.32. The molecule has 1 atom stereocenters. The highest BCUT2D eigenvalue weighted by atomic mass is 15.0. The first kappa shape index (κ1) is 9.46. The number of pyridine rings is 1. The maximum atomic E-state index is 5.90. The molecule has 0 bridgehead atoms. The Labute approximate surface area is 84.7 Å². The van der Waals surface area contributed by atoms with Crippen LogP contribution in [0.1, 0.15) is 30.9 Å². The summed E-state index contributed by atoms with van der Waals surface area (Å²) in [6.07, 6.45) is 4.17. The molecule has 0 aliphatic carbocycles. The largest absolute Gasteiger partial charge is 0.383 e. The number of hydrogen-bond acceptors (Lipinski definition) is 3. The molecule has 1 aromatic rings. The van der Waals surface area contributed by atoms with E-state index in [0.717, 1.165) is 18.5 Å². The minimum Gasteiger partial charge on any atom is -0.383 e. The van der Waals surface area contributed by atoms with Crippen LogP contribution in [0.25, 0.3) is 0 Å². The smallest absolute Gasteiger partial charge is 0.128 e. The van der Waals surface area contributed by atoms with E-state index in [4.69, 9.17) is 5.73 Å². The first-order valence-electron chi connectivity index (χ1n) is 5.09. The van der Waals surface area contributed by atoms with E-state index in [1.807, 2.05) is 13.1 Å². The van der Waals surface area contributed by atoms with Crippen LogP contribution in [-0.4, -0.2) is 11.5 Å². The van der Waals surface area contributed by atoms with Gasteiger partial charge in [0.05, 0.1) is 0 Å². The van der Waals surface area contributed by atoms with Crippen LogP contribution < -0.4 is 11.1 Å². The van der Waals surface area contributed by atoms with Crippen molar-refractivity contribution in [2.75, 3.05) is 12.3 Å². The summed E-state index contributed by atoms with van der Waals surface area (Å²) in [5.74, 6) is 0.660. The highest BCUT2D eigenvalue weighted by Crippen LogP contribution is 2.33. The molecular weight excluding hydrogens is 174 g/mol. The minimum atomic E-state index is 0.0309. The molecule has 1 aliphatic heterocycles. The average Bonchev–Trinajstić information content (AvgIpc) is 2.58. The number of nitrogens with one attached hydrogen (secondary N) is 1. The van der Waals surface area contributed by atoms with Gasteiger partial charge in [-0.2, -0.15) is 0 Å². The van der Waals surface area contributed by atoms with Crippen LogP contribution in [0.4, 0.5) is 5.82 Å². The lowest BCUT2D eigenvalue weighted by Gasteiger charge is -2.26. The van der Waals surface area contributed by atoms with Gasteiger partial charge in [-0.1, -0.05) is 0 Å². The summed E-state index contributed by atoms with van der Waals surface area (Å²) in [5, 5.41) is 3.50. The molecular formula is C11H17N3. The molecule has 1 unspecified atom stereocenters. The third kappa shape index (κ3) is 1.48. The molecule has 2 rings (SSSR count). The molecule has 76 valence electrons. The number of nitrogens with two attached hydrogens (primary N) is 1. The van der Waals surface area contributed by atoms with Crippen molar-refractivity contribution in [1.29, 1.82) is 0 Å². The highest BCUT2D eigenvalue weighted by molar-refractivity contribution is 5.45. The number of anilines is 1. The molecule has 3 N–H and O–H groups in total. The molecule has 1 aromatic heterocycles. The molecule has 0 spiro atoms. The van der Waals surface area contributed by atoms with E-state index in [9.17, 15) is 0 Å². The van der Waals surface area contributed by atoms with E-state index < -0.39 is 0 Å². The van der Waals surface area contributed by atoms with E-state index in [1.165, 1.54) is 12.0 Å². The van der Waals surface area contributed by atoms with Gasteiger partial charge in [-0.05, 0) is 44.9 Å². The maximum absolute atomic E-state index is 5.90. The molecule has 14 heavy (non-hydrogen) atoms. The first-order chi connectivity index (χ1) is 6.62. The summed E-state index contributed by atoms with van der Waals surface area (Å²) in [4.78, 5) is 4.21. The van der Waals surface area contributed by atoms with Crippen molar-refractivity contribution in [3.8, 4) is 0 Å². The first-order valence-corrected chi connectivity index (χ1v) is 5.09. The Bertz CT molecular complexity index is 340. The van der Waals surface area contributed by atoms with Gasteiger partial charge in [-0.3, -0.25) is 0 Å². The standard InChI is InChI=1S/C11H17N3/c1-8-6-9(10(12)13-7-8)11(2)4-3-5-14-11/h6-7,14H,3-5H2,1-2H3,(H2,12,13). The summed E-state index contributed by atoms with van der Waals surface area (Å²) in [5.41, 5.74) is 8.25. The Morgan fingerprint density at radius 1 is 1.57 bits per heavy atom. The van der Waals surface area contributed by atoms with Gasteiger partial charge >= 0.3 is 0 Å².